The molecule has 0 N–H and O–H groups in total. The summed E-state index contributed by atoms with van der Waals surface area (Å²) in [7, 11) is 2.16. The third-order valence-corrected chi connectivity index (χ3v) is 4.10. The maximum absolute atomic E-state index is 11.9. The molecule has 0 bridgehead atoms. The highest BCUT2D eigenvalue weighted by atomic mass is 16.1. The zero-order chi connectivity index (χ0) is 12.1. The molecule has 0 aromatic carbocycles. The summed E-state index contributed by atoms with van der Waals surface area (Å²) in [4.78, 5) is 14.3. The Morgan fingerprint density at radius 3 is 2.56 bits per heavy atom. The first kappa shape index (κ1) is 13.7. The molecule has 0 radical (unpaired) electrons. The van der Waals surface area contributed by atoms with Gasteiger partial charge in [0.1, 0.15) is 5.78 Å². The third kappa shape index (κ3) is 3.89. The van der Waals surface area contributed by atoms with Crippen LogP contribution in [0, 0.1) is 11.8 Å². The standard InChI is InChI=1S/C14H27NO/c1-11(2)12(3)15(4)10-13-8-6-5-7-9-14(13)16/h11-13H,5-10H2,1-4H3. The molecule has 1 rings (SSSR count). The van der Waals surface area contributed by atoms with E-state index in [-0.39, 0.29) is 0 Å². The summed E-state index contributed by atoms with van der Waals surface area (Å²) in [6, 6.07) is 0.566. The van der Waals surface area contributed by atoms with Crippen molar-refractivity contribution < 1.29 is 4.79 Å². The number of rotatable bonds is 4. The molecule has 0 heterocycles. The van der Waals surface area contributed by atoms with E-state index in [1.807, 2.05) is 0 Å². The molecule has 94 valence electrons. The van der Waals surface area contributed by atoms with Gasteiger partial charge in [0, 0.05) is 24.9 Å². The summed E-state index contributed by atoms with van der Waals surface area (Å²) in [5.74, 6) is 1.46. The predicted molar refractivity (Wildman–Crippen MR) is 68.5 cm³/mol. The largest absolute Gasteiger partial charge is 0.303 e. The van der Waals surface area contributed by atoms with E-state index >= 15 is 0 Å². The average molecular weight is 225 g/mol. The maximum atomic E-state index is 11.9. The molecule has 2 heteroatoms. The van der Waals surface area contributed by atoms with Crippen LogP contribution in [0.2, 0.25) is 0 Å². The Kier molecular flexibility index (Phi) is 5.47. The summed E-state index contributed by atoms with van der Waals surface area (Å²) in [6.07, 6.45) is 5.51. The molecule has 1 saturated carbocycles. The molecule has 0 amide bonds. The monoisotopic (exact) mass is 225 g/mol. The van der Waals surface area contributed by atoms with Crippen molar-refractivity contribution in [3.63, 3.8) is 0 Å². The molecule has 0 aromatic heterocycles. The van der Waals surface area contributed by atoms with Crippen LogP contribution in [0.1, 0.15) is 52.9 Å². The molecule has 1 aliphatic carbocycles. The first-order valence-electron chi connectivity index (χ1n) is 6.75. The van der Waals surface area contributed by atoms with E-state index in [0.29, 0.717) is 23.7 Å². The van der Waals surface area contributed by atoms with Gasteiger partial charge in [0.25, 0.3) is 0 Å². The highest BCUT2D eigenvalue weighted by molar-refractivity contribution is 5.81. The Hall–Kier alpha value is -0.370. The molecule has 2 atom stereocenters. The second-order valence-corrected chi connectivity index (χ2v) is 5.69. The summed E-state index contributed by atoms with van der Waals surface area (Å²) in [5.41, 5.74) is 0. The summed E-state index contributed by atoms with van der Waals surface area (Å²) in [6.45, 7) is 7.70. The number of ketones is 1. The fourth-order valence-corrected chi connectivity index (χ4v) is 2.45. The van der Waals surface area contributed by atoms with E-state index in [2.05, 4.69) is 32.7 Å². The van der Waals surface area contributed by atoms with Crippen LogP contribution >= 0.6 is 0 Å². The minimum absolute atomic E-state index is 0.300. The Balaban J connectivity index is 2.47. The summed E-state index contributed by atoms with van der Waals surface area (Å²) in [5, 5.41) is 0. The van der Waals surface area contributed by atoms with Crippen LogP contribution in [0.5, 0.6) is 0 Å². The van der Waals surface area contributed by atoms with Crippen LogP contribution < -0.4 is 0 Å². The lowest BCUT2D eigenvalue weighted by Crippen LogP contribution is -2.38. The molecule has 16 heavy (non-hydrogen) atoms. The quantitative estimate of drug-likeness (QED) is 0.685. The Labute approximate surface area is 100 Å². The molecule has 2 unspecified atom stereocenters. The zero-order valence-corrected chi connectivity index (χ0v) is 11.3. The van der Waals surface area contributed by atoms with Gasteiger partial charge in [-0.3, -0.25) is 4.79 Å². The van der Waals surface area contributed by atoms with Gasteiger partial charge in [-0.15, -0.1) is 0 Å². The van der Waals surface area contributed by atoms with Crippen molar-refractivity contribution >= 4 is 5.78 Å². The minimum Gasteiger partial charge on any atom is -0.303 e. The van der Waals surface area contributed by atoms with Crippen molar-refractivity contribution in [2.45, 2.75) is 58.9 Å². The second-order valence-electron chi connectivity index (χ2n) is 5.69. The van der Waals surface area contributed by atoms with Crippen molar-refractivity contribution in [1.82, 2.24) is 4.90 Å². The topological polar surface area (TPSA) is 20.3 Å². The second kappa shape index (κ2) is 6.39. The van der Waals surface area contributed by atoms with E-state index in [1.165, 1.54) is 12.8 Å². The first-order valence-corrected chi connectivity index (χ1v) is 6.75. The van der Waals surface area contributed by atoms with E-state index in [1.54, 1.807) is 0 Å². The van der Waals surface area contributed by atoms with Crippen molar-refractivity contribution in [3.8, 4) is 0 Å². The van der Waals surface area contributed by atoms with E-state index in [9.17, 15) is 4.79 Å². The fourth-order valence-electron chi connectivity index (χ4n) is 2.45. The Morgan fingerprint density at radius 2 is 1.94 bits per heavy atom. The maximum Gasteiger partial charge on any atom is 0.137 e. The van der Waals surface area contributed by atoms with Gasteiger partial charge in [-0.1, -0.05) is 26.7 Å². The number of carbonyl (C=O) groups is 1. The van der Waals surface area contributed by atoms with Gasteiger partial charge < -0.3 is 4.90 Å². The van der Waals surface area contributed by atoms with Crippen LogP contribution in [-0.2, 0) is 4.79 Å². The Bertz CT molecular complexity index is 225. The SMILES string of the molecule is CC(C)C(C)N(C)CC1CCCCCC1=O. The van der Waals surface area contributed by atoms with Crippen LogP contribution in [-0.4, -0.2) is 30.3 Å². The number of Topliss-reactive ketones (excluding diaryl/α,β-unsaturated/α-hetero) is 1. The molecule has 0 saturated heterocycles. The first-order chi connectivity index (χ1) is 7.52. The normalized spacial score (nSPS) is 24.9. The van der Waals surface area contributed by atoms with Crippen LogP contribution in [0.4, 0.5) is 0 Å². The molecular formula is C14H27NO. The van der Waals surface area contributed by atoms with Gasteiger partial charge in [-0.25, -0.2) is 0 Å². The van der Waals surface area contributed by atoms with Crippen molar-refractivity contribution in [1.29, 1.82) is 0 Å². The smallest absolute Gasteiger partial charge is 0.137 e. The minimum atomic E-state index is 0.300. The lowest BCUT2D eigenvalue weighted by Gasteiger charge is -2.30. The Morgan fingerprint density at radius 1 is 1.25 bits per heavy atom. The van der Waals surface area contributed by atoms with E-state index < -0.39 is 0 Å². The number of nitrogens with zero attached hydrogens (tertiary/aromatic N) is 1. The van der Waals surface area contributed by atoms with Gasteiger partial charge in [-0.05, 0) is 32.7 Å². The fraction of sp³-hybridized carbons (Fsp3) is 0.929. The summed E-state index contributed by atoms with van der Waals surface area (Å²) >= 11 is 0. The summed E-state index contributed by atoms with van der Waals surface area (Å²) < 4.78 is 0. The van der Waals surface area contributed by atoms with Crippen LogP contribution in [0.15, 0.2) is 0 Å². The zero-order valence-electron chi connectivity index (χ0n) is 11.3. The van der Waals surface area contributed by atoms with E-state index in [0.717, 1.165) is 25.8 Å². The third-order valence-electron chi connectivity index (χ3n) is 4.10. The van der Waals surface area contributed by atoms with Crippen molar-refractivity contribution in [2.24, 2.45) is 11.8 Å². The molecule has 1 aliphatic rings. The van der Waals surface area contributed by atoms with Gasteiger partial charge in [0.15, 0.2) is 0 Å². The van der Waals surface area contributed by atoms with Gasteiger partial charge in [-0.2, -0.15) is 0 Å². The number of hydrogen-bond donors (Lipinski definition) is 0. The number of hydrogen-bond acceptors (Lipinski definition) is 2. The van der Waals surface area contributed by atoms with Crippen LogP contribution in [0.25, 0.3) is 0 Å². The highest BCUT2D eigenvalue weighted by Gasteiger charge is 2.24. The average Bonchev–Trinajstić information content (AvgIpc) is 2.43. The van der Waals surface area contributed by atoms with Crippen molar-refractivity contribution in [2.75, 3.05) is 13.6 Å². The molecule has 1 fully saturated rings. The lowest BCUT2D eigenvalue weighted by atomic mass is 9.96. The molecular weight excluding hydrogens is 198 g/mol. The van der Waals surface area contributed by atoms with Crippen LogP contribution in [0.3, 0.4) is 0 Å². The van der Waals surface area contributed by atoms with Gasteiger partial charge in [0.2, 0.25) is 0 Å². The molecule has 0 spiro atoms. The van der Waals surface area contributed by atoms with Gasteiger partial charge >= 0.3 is 0 Å². The lowest BCUT2D eigenvalue weighted by molar-refractivity contribution is -0.123. The van der Waals surface area contributed by atoms with E-state index in [4.69, 9.17) is 0 Å². The molecule has 0 aromatic rings. The number of carbonyl (C=O) groups excluding carboxylic acids is 1. The highest BCUT2D eigenvalue weighted by Crippen LogP contribution is 2.22. The van der Waals surface area contributed by atoms with Gasteiger partial charge in [0.05, 0.1) is 0 Å². The predicted octanol–water partition coefficient (Wildman–Crippen LogP) is 3.11. The molecule has 2 nitrogen and oxygen atoms in total. The molecule has 0 aliphatic heterocycles. The van der Waals surface area contributed by atoms with Crippen molar-refractivity contribution in [3.05, 3.63) is 0 Å².